The van der Waals surface area contributed by atoms with Crippen LogP contribution < -0.4 is 10.1 Å². The van der Waals surface area contributed by atoms with Crippen LogP contribution in [0.5, 0.6) is 5.75 Å². The van der Waals surface area contributed by atoms with Gasteiger partial charge in [0.1, 0.15) is 11.9 Å². The fourth-order valence-electron chi connectivity index (χ4n) is 3.38. The Bertz CT molecular complexity index is 1180. The van der Waals surface area contributed by atoms with E-state index in [1.807, 2.05) is 35.7 Å². The number of sulfone groups is 1. The Kier molecular flexibility index (Phi) is 5.74. The van der Waals surface area contributed by atoms with E-state index in [4.69, 9.17) is 4.74 Å². The lowest BCUT2D eigenvalue weighted by Gasteiger charge is -2.13. The molecule has 0 radical (unpaired) electrons. The van der Waals surface area contributed by atoms with E-state index in [-0.39, 0.29) is 16.9 Å². The summed E-state index contributed by atoms with van der Waals surface area (Å²) in [6.07, 6.45) is 5.08. The van der Waals surface area contributed by atoms with E-state index in [1.165, 1.54) is 12.3 Å². The minimum atomic E-state index is -3.23. The van der Waals surface area contributed by atoms with E-state index < -0.39 is 9.84 Å². The molecule has 0 saturated heterocycles. The number of hydrogen-bond acceptors (Lipinski definition) is 5. The molecule has 2 aromatic carbocycles. The summed E-state index contributed by atoms with van der Waals surface area (Å²) < 4.78 is 29.5. The molecule has 1 aliphatic heterocycles. The third-order valence-electron chi connectivity index (χ3n) is 4.87. The second-order valence-electron chi connectivity index (χ2n) is 7.13. The van der Waals surface area contributed by atoms with Crippen LogP contribution in [0, 0.1) is 0 Å². The van der Waals surface area contributed by atoms with Gasteiger partial charge in [0.25, 0.3) is 0 Å². The van der Waals surface area contributed by atoms with Crippen molar-refractivity contribution < 1.29 is 17.9 Å². The molecule has 0 spiro atoms. The third-order valence-corrected chi connectivity index (χ3v) is 6.83. The van der Waals surface area contributed by atoms with Gasteiger partial charge in [-0.3, -0.25) is 4.79 Å². The van der Waals surface area contributed by atoms with Gasteiger partial charge in [0.05, 0.1) is 11.4 Å². The van der Waals surface area contributed by atoms with Crippen molar-refractivity contribution in [3.05, 3.63) is 76.5 Å². The Hall–Kier alpha value is -2.90. The number of rotatable bonds is 6. The highest BCUT2D eigenvalue weighted by molar-refractivity contribution is 7.90. The molecule has 1 aromatic heterocycles. The standard InChI is InChI=1S/C23H21NO4S2/c1-30(26,27)20-10-7-16(8-11-20)21-6-2-4-17-14-18(28-23(17)21)15-24-22(25)12-9-19-5-3-13-29-19/h2-13,18H,14-15H2,1H3,(H,24,25)/b12-9+. The molecule has 1 unspecified atom stereocenters. The smallest absolute Gasteiger partial charge is 0.244 e. The number of fused-ring (bicyclic) bond motifs is 1. The molecule has 5 nitrogen and oxygen atoms in total. The third kappa shape index (κ3) is 4.63. The van der Waals surface area contributed by atoms with Crippen molar-refractivity contribution in [2.45, 2.75) is 17.4 Å². The molecule has 1 aliphatic rings. The summed E-state index contributed by atoms with van der Waals surface area (Å²) in [6, 6.07) is 16.6. The quantitative estimate of drug-likeness (QED) is 0.591. The molecule has 0 aliphatic carbocycles. The molecule has 0 bridgehead atoms. The van der Waals surface area contributed by atoms with E-state index in [1.54, 1.807) is 41.7 Å². The van der Waals surface area contributed by atoms with E-state index in [0.717, 1.165) is 27.3 Å². The first kappa shape index (κ1) is 20.4. The van der Waals surface area contributed by atoms with Crippen LogP contribution in [-0.4, -0.2) is 33.2 Å². The first-order valence-corrected chi connectivity index (χ1v) is 12.3. The molecule has 2 heterocycles. The van der Waals surface area contributed by atoms with Gasteiger partial charge in [-0.1, -0.05) is 36.4 Å². The van der Waals surface area contributed by atoms with Gasteiger partial charge in [-0.2, -0.15) is 0 Å². The predicted octanol–water partition coefficient (Wildman–Crippen LogP) is 3.95. The predicted molar refractivity (Wildman–Crippen MR) is 119 cm³/mol. The van der Waals surface area contributed by atoms with Crippen LogP contribution in [0.3, 0.4) is 0 Å². The van der Waals surface area contributed by atoms with E-state index in [9.17, 15) is 13.2 Å². The van der Waals surface area contributed by atoms with Crippen molar-refractivity contribution in [3.8, 4) is 16.9 Å². The molecule has 30 heavy (non-hydrogen) atoms. The molecule has 3 aromatic rings. The zero-order chi connectivity index (χ0) is 21.1. The van der Waals surface area contributed by atoms with Crippen LogP contribution in [-0.2, 0) is 21.1 Å². The SMILES string of the molecule is CS(=O)(=O)c1ccc(-c2cccc3c2OC(CNC(=O)/C=C/c2cccs2)C3)cc1. The van der Waals surface area contributed by atoms with Crippen LogP contribution in [0.15, 0.2) is 70.9 Å². The van der Waals surface area contributed by atoms with Gasteiger partial charge in [-0.15, -0.1) is 11.3 Å². The van der Waals surface area contributed by atoms with Gasteiger partial charge in [-0.05, 0) is 40.8 Å². The van der Waals surface area contributed by atoms with Crippen molar-refractivity contribution in [2.24, 2.45) is 0 Å². The molecule has 154 valence electrons. The number of ether oxygens (including phenoxy) is 1. The summed E-state index contributed by atoms with van der Waals surface area (Å²) in [7, 11) is -3.23. The van der Waals surface area contributed by atoms with Gasteiger partial charge in [0, 0.05) is 29.2 Å². The van der Waals surface area contributed by atoms with E-state index >= 15 is 0 Å². The summed E-state index contributed by atoms with van der Waals surface area (Å²) in [5.41, 5.74) is 2.88. The monoisotopic (exact) mass is 439 g/mol. The average molecular weight is 440 g/mol. The normalized spacial score (nSPS) is 15.7. The van der Waals surface area contributed by atoms with Gasteiger partial charge in [0.2, 0.25) is 5.91 Å². The lowest BCUT2D eigenvalue weighted by atomic mass is 10.0. The number of nitrogens with one attached hydrogen (secondary N) is 1. The van der Waals surface area contributed by atoms with Crippen LogP contribution in [0.4, 0.5) is 0 Å². The maximum Gasteiger partial charge on any atom is 0.244 e. The van der Waals surface area contributed by atoms with E-state index in [2.05, 4.69) is 5.32 Å². The first-order chi connectivity index (χ1) is 14.4. The van der Waals surface area contributed by atoms with Gasteiger partial charge in [0.15, 0.2) is 9.84 Å². The minimum absolute atomic E-state index is 0.143. The molecule has 0 fully saturated rings. The molecule has 0 saturated carbocycles. The Morgan fingerprint density at radius 1 is 1.17 bits per heavy atom. The lowest BCUT2D eigenvalue weighted by molar-refractivity contribution is -0.116. The number of carbonyl (C=O) groups is 1. The number of carbonyl (C=O) groups excluding carboxylic acids is 1. The zero-order valence-corrected chi connectivity index (χ0v) is 18.0. The van der Waals surface area contributed by atoms with Crippen LogP contribution in [0.1, 0.15) is 10.4 Å². The van der Waals surface area contributed by atoms with Crippen molar-refractivity contribution in [3.63, 3.8) is 0 Å². The molecular weight excluding hydrogens is 418 g/mol. The summed E-state index contributed by atoms with van der Waals surface area (Å²) >= 11 is 1.58. The highest BCUT2D eigenvalue weighted by Gasteiger charge is 2.26. The zero-order valence-electron chi connectivity index (χ0n) is 16.4. The highest BCUT2D eigenvalue weighted by atomic mass is 32.2. The van der Waals surface area contributed by atoms with Crippen molar-refractivity contribution in [2.75, 3.05) is 12.8 Å². The molecular formula is C23H21NO4S2. The molecule has 1 amide bonds. The fraction of sp³-hybridized carbons (Fsp3) is 0.174. The number of thiophene rings is 1. The maximum atomic E-state index is 12.1. The second kappa shape index (κ2) is 8.45. The lowest BCUT2D eigenvalue weighted by Crippen LogP contribution is -2.33. The first-order valence-electron chi connectivity index (χ1n) is 9.48. The summed E-state index contributed by atoms with van der Waals surface area (Å²) in [4.78, 5) is 13.4. The fourth-order valence-corrected chi connectivity index (χ4v) is 4.63. The van der Waals surface area contributed by atoms with E-state index in [0.29, 0.717) is 13.0 Å². The average Bonchev–Trinajstić information content (AvgIpc) is 3.39. The highest BCUT2D eigenvalue weighted by Crippen LogP contribution is 2.38. The van der Waals surface area contributed by atoms with Gasteiger partial charge in [-0.25, -0.2) is 8.42 Å². The Labute approximate surface area is 179 Å². The summed E-state index contributed by atoms with van der Waals surface area (Å²) in [5, 5.41) is 4.86. The van der Waals surface area contributed by atoms with Crippen LogP contribution >= 0.6 is 11.3 Å². The van der Waals surface area contributed by atoms with Crippen molar-refractivity contribution in [1.29, 1.82) is 0 Å². The molecule has 1 atom stereocenters. The van der Waals surface area contributed by atoms with Gasteiger partial charge < -0.3 is 10.1 Å². The molecule has 4 rings (SSSR count). The van der Waals surface area contributed by atoms with Crippen LogP contribution in [0.25, 0.3) is 17.2 Å². The maximum absolute atomic E-state index is 12.1. The minimum Gasteiger partial charge on any atom is -0.487 e. The topological polar surface area (TPSA) is 72.5 Å². The Morgan fingerprint density at radius 2 is 1.97 bits per heavy atom. The summed E-state index contributed by atoms with van der Waals surface area (Å²) in [5.74, 6) is 0.637. The number of benzene rings is 2. The number of amides is 1. The number of hydrogen-bond donors (Lipinski definition) is 1. The number of para-hydroxylation sites is 1. The molecule has 7 heteroatoms. The van der Waals surface area contributed by atoms with Gasteiger partial charge >= 0.3 is 0 Å². The van der Waals surface area contributed by atoms with Crippen LogP contribution in [0.2, 0.25) is 0 Å². The largest absolute Gasteiger partial charge is 0.487 e. The Balaban J connectivity index is 1.43. The summed E-state index contributed by atoms with van der Waals surface area (Å²) in [6.45, 7) is 0.411. The van der Waals surface area contributed by atoms with Crippen molar-refractivity contribution in [1.82, 2.24) is 5.32 Å². The molecule has 1 N–H and O–H groups in total. The second-order valence-corrected chi connectivity index (χ2v) is 10.1. The Morgan fingerprint density at radius 3 is 2.67 bits per heavy atom. The van der Waals surface area contributed by atoms with Crippen molar-refractivity contribution >= 4 is 33.2 Å².